The normalized spacial score (nSPS) is 23.7. The predicted molar refractivity (Wildman–Crippen MR) is 80.5 cm³/mol. The van der Waals surface area contributed by atoms with E-state index in [1.807, 2.05) is 42.5 Å². The Labute approximate surface area is 124 Å². The third-order valence-corrected chi connectivity index (χ3v) is 4.16. The lowest BCUT2D eigenvalue weighted by Gasteiger charge is -2.28. The molecule has 4 nitrogen and oxygen atoms in total. The molecule has 0 saturated carbocycles. The molecular formula is C17H19NO3. The molecule has 1 aliphatic rings. The van der Waals surface area contributed by atoms with Gasteiger partial charge in [-0.2, -0.15) is 0 Å². The van der Waals surface area contributed by atoms with Crippen LogP contribution in [0.1, 0.15) is 29.2 Å². The van der Waals surface area contributed by atoms with Gasteiger partial charge in [0.1, 0.15) is 17.1 Å². The van der Waals surface area contributed by atoms with E-state index in [0.29, 0.717) is 23.5 Å². The molecule has 4 heteroatoms. The summed E-state index contributed by atoms with van der Waals surface area (Å²) in [5.74, 6) is 1.20. The highest BCUT2D eigenvalue weighted by Crippen LogP contribution is 2.51. The van der Waals surface area contributed by atoms with Gasteiger partial charge in [-0.15, -0.1) is 0 Å². The second-order valence-corrected chi connectivity index (χ2v) is 5.30. The van der Waals surface area contributed by atoms with Crippen LogP contribution in [-0.2, 0) is 5.60 Å². The van der Waals surface area contributed by atoms with Crippen molar-refractivity contribution in [3.8, 4) is 11.5 Å². The molecule has 110 valence electrons. The number of rotatable bonds is 3. The highest BCUT2D eigenvalue weighted by Gasteiger charge is 2.45. The second kappa shape index (κ2) is 5.06. The summed E-state index contributed by atoms with van der Waals surface area (Å²) in [4.78, 5) is 0. The second-order valence-electron chi connectivity index (χ2n) is 5.30. The molecule has 0 aliphatic heterocycles. The Morgan fingerprint density at radius 2 is 1.67 bits per heavy atom. The molecule has 3 rings (SSSR count). The van der Waals surface area contributed by atoms with Gasteiger partial charge in [-0.25, -0.2) is 0 Å². The first-order valence-electron chi connectivity index (χ1n) is 6.90. The molecule has 2 aromatic rings. The SMILES string of the molecule is COc1cccc(OC)c1C1(O)CC(N)c2ccccc21. The van der Waals surface area contributed by atoms with Crippen molar-refractivity contribution in [1.29, 1.82) is 0 Å². The smallest absolute Gasteiger partial charge is 0.129 e. The quantitative estimate of drug-likeness (QED) is 0.908. The minimum Gasteiger partial charge on any atom is -0.496 e. The summed E-state index contributed by atoms with van der Waals surface area (Å²) in [5, 5.41) is 11.4. The van der Waals surface area contributed by atoms with Crippen LogP contribution in [0.4, 0.5) is 0 Å². The third kappa shape index (κ3) is 1.99. The first-order valence-corrected chi connectivity index (χ1v) is 6.90. The molecule has 0 saturated heterocycles. The van der Waals surface area contributed by atoms with Gasteiger partial charge in [0.25, 0.3) is 0 Å². The molecule has 0 aromatic heterocycles. The Kier molecular flexibility index (Phi) is 3.35. The van der Waals surface area contributed by atoms with Gasteiger partial charge >= 0.3 is 0 Å². The zero-order valence-corrected chi connectivity index (χ0v) is 12.2. The Morgan fingerprint density at radius 3 is 2.29 bits per heavy atom. The summed E-state index contributed by atoms with van der Waals surface area (Å²) in [5.41, 5.74) is 7.42. The number of nitrogens with two attached hydrogens (primary N) is 1. The van der Waals surface area contributed by atoms with Crippen molar-refractivity contribution in [2.24, 2.45) is 5.73 Å². The summed E-state index contributed by atoms with van der Waals surface area (Å²) in [6, 6.07) is 13.0. The summed E-state index contributed by atoms with van der Waals surface area (Å²) in [6.45, 7) is 0. The number of aliphatic hydroxyl groups is 1. The van der Waals surface area contributed by atoms with Crippen LogP contribution in [0, 0.1) is 0 Å². The van der Waals surface area contributed by atoms with Gasteiger partial charge in [-0.3, -0.25) is 0 Å². The van der Waals surface area contributed by atoms with Crippen molar-refractivity contribution in [3.05, 3.63) is 59.2 Å². The number of hydrogen-bond acceptors (Lipinski definition) is 4. The molecule has 2 unspecified atom stereocenters. The lowest BCUT2D eigenvalue weighted by atomic mass is 9.86. The average Bonchev–Trinajstić information content (AvgIpc) is 2.79. The molecule has 0 fully saturated rings. The zero-order chi connectivity index (χ0) is 15.0. The molecule has 0 heterocycles. The Morgan fingerprint density at radius 1 is 1.05 bits per heavy atom. The zero-order valence-electron chi connectivity index (χ0n) is 12.2. The molecule has 3 N–H and O–H groups in total. The number of fused-ring (bicyclic) bond motifs is 1. The number of methoxy groups -OCH3 is 2. The summed E-state index contributed by atoms with van der Waals surface area (Å²) in [6.07, 6.45) is 0.406. The molecule has 1 aliphatic carbocycles. The highest BCUT2D eigenvalue weighted by atomic mass is 16.5. The molecule has 0 radical (unpaired) electrons. The van der Waals surface area contributed by atoms with Crippen molar-refractivity contribution in [1.82, 2.24) is 0 Å². The third-order valence-electron chi connectivity index (χ3n) is 4.16. The van der Waals surface area contributed by atoms with E-state index in [9.17, 15) is 5.11 Å². The summed E-state index contributed by atoms with van der Waals surface area (Å²) < 4.78 is 10.9. The maximum Gasteiger partial charge on any atom is 0.129 e. The van der Waals surface area contributed by atoms with Crippen LogP contribution < -0.4 is 15.2 Å². The van der Waals surface area contributed by atoms with Crippen molar-refractivity contribution in [3.63, 3.8) is 0 Å². The van der Waals surface area contributed by atoms with E-state index in [1.54, 1.807) is 14.2 Å². The minimum absolute atomic E-state index is 0.208. The van der Waals surface area contributed by atoms with Gasteiger partial charge in [0.05, 0.1) is 19.8 Å². The number of hydrogen-bond donors (Lipinski definition) is 2. The topological polar surface area (TPSA) is 64.7 Å². The maximum absolute atomic E-state index is 11.4. The average molecular weight is 285 g/mol. The summed E-state index contributed by atoms with van der Waals surface area (Å²) >= 11 is 0. The highest BCUT2D eigenvalue weighted by molar-refractivity contribution is 5.57. The van der Waals surface area contributed by atoms with Gasteiger partial charge in [0, 0.05) is 12.5 Å². The standard InChI is InChI=1S/C17H19NO3/c1-20-14-8-5-9-15(21-2)16(14)17(19)10-13(18)11-6-3-4-7-12(11)17/h3-9,13,19H,10,18H2,1-2H3. The van der Waals surface area contributed by atoms with E-state index in [1.165, 1.54) is 0 Å². The molecular weight excluding hydrogens is 266 g/mol. The number of benzene rings is 2. The van der Waals surface area contributed by atoms with Crippen LogP contribution >= 0.6 is 0 Å². The lowest BCUT2D eigenvalue weighted by molar-refractivity contribution is 0.0718. The molecule has 2 atom stereocenters. The molecule has 0 bridgehead atoms. The van der Waals surface area contributed by atoms with E-state index >= 15 is 0 Å². The van der Waals surface area contributed by atoms with Gasteiger partial charge in [0.2, 0.25) is 0 Å². The lowest BCUT2D eigenvalue weighted by Crippen LogP contribution is -2.26. The fourth-order valence-electron chi connectivity index (χ4n) is 3.23. The van der Waals surface area contributed by atoms with Crippen LogP contribution in [0.3, 0.4) is 0 Å². The fraction of sp³-hybridized carbons (Fsp3) is 0.294. The van der Waals surface area contributed by atoms with Crippen molar-refractivity contribution in [2.45, 2.75) is 18.1 Å². The van der Waals surface area contributed by atoms with E-state index in [2.05, 4.69) is 0 Å². The van der Waals surface area contributed by atoms with Gasteiger partial charge in [-0.1, -0.05) is 30.3 Å². The van der Waals surface area contributed by atoms with Gasteiger partial charge in [-0.05, 0) is 23.3 Å². The van der Waals surface area contributed by atoms with Crippen LogP contribution in [0.25, 0.3) is 0 Å². The first-order chi connectivity index (χ1) is 10.1. The molecule has 0 amide bonds. The monoisotopic (exact) mass is 285 g/mol. The Balaban J connectivity index is 2.26. The van der Waals surface area contributed by atoms with Crippen molar-refractivity contribution in [2.75, 3.05) is 14.2 Å². The number of ether oxygens (including phenoxy) is 2. The molecule has 2 aromatic carbocycles. The fourth-order valence-corrected chi connectivity index (χ4v) is 3.23. The van der Waals surface area contributed by atoms with Gasteiger partial charge < -0.3 is 20.3 Å². The molecule has 0 spiro atoms. The minimum atomic E-state index is -1.20. The first kappa shape index (κ1) is 13.9. The van der Waals surface area contributed by atoms with Gasteiger partial charge in [0.15, 0.2) is 0 Å². The van der Waals surface area contributed by atoms with Crippen molar-refractivity contribution < 1.29 is 14.6 Å². The van der Waals surface area contributed by atoms with E-state index in [0.717, 1.165) is 11.1 Å². The predicted octanol–water partition coefficient (Wildman–Crippen LogP) is 2.34. The maximum atomic E-state index is 11.4. The summed E-state index contributed by atoms with van der Waals surface area (Å²) in [7, 11) is 3.17. The van der Waals surface area contributed by atoms with Crippen LogP contribution in [0.15, 0.2) is 42.5 Å². The van der Waals surface area contributed by atoms with Crippen LogP contribution in [-0.4, -0.2) is 19.3 Å². The Hall–Kier alpha value is -2.04. The van der Waals surface area contributed by atoms with Crippen molar-refractivity contribution >= 4 is 0 Å². The Bertz CT molecular complexity index is 649. The van der Waals surface area contributed by atoms with Crippen LogP contribution in [0.2, 0.25) is 0 Å². The largest absolute Gasteiger partial charge is 0.496 e. The van der Waals surface area contributed by atoms with E-state index < -0.39 is 5.60 Å². The molecule has 21 heavy (non-hydrogen) atoms. The van der Waals surface area contributed by atoms with E-state index in [4.69, 9.17) is 15.2 Å². The van der Waals surface area contributed by atoms with Crippen LogP contribution in [0.5, 0.6) is 11.5 Å². The van der Waals surface area contributed by atoms with E-state index in [-0.39, 0.29) is 6.04 Å².